The molecule has 0 bridgehead atoms. The fourth-order valence-corrected chi connectivity index (χ4v) is 4.64. The molecule has 0 aromatic heterocycles. The molecule has 0 N–H and O–H groups in total. The Hall–Kier alpha value is -4.07. The van der Waals surface area contributed by atoms with Gasteiger partial charge in [0, 0.05) is 35.2 Å². The standard InChI is InChI=1S/C27H27N3O5/c1-16(2)17-5-7-18(8-6-17)27-29-23(21-14-20(30(31)32)10-12-24(21)35-27)15-22(28-29)19-9-11-25(33-3)26(13-19)34-4/h5-14,16,23,27H,15H2,1-4H3. The zero-order chi connectivity index (χ0) is 24.7. The SMILES string of the molecule is COc1ccc(C2=NN3C(C2)c2cc([N+](=O)[O-])ccc2OC3c2ccc(C(C)C)cc2)cc1OC. The van der Waals surface area contributed by atoms with Crippen molar-refractivity contribution in [2.45, 2.75) is 38.5 Å². The van der Waals surface area contributed by atoms with Crippen molar-refractivity contribution in [3.63, 3.8) is 0 Å². The van der Waals surface area contributed by atoms with Crippen LogP contribution in [0.25, 0.3) is 0 Å². The predicted octanol–water partition coefficient (Wildman–Crippen LogP) is 5.98. The highest BCUT2D eigenvalue weighted by Crippen LogP contribution is 2.48. The monoisotopic (exact) mass is 473 g/mol. The van der Waals surface area contributed by atoms with Gasteiger partial charge in [0.2, 0.25) is 6.23 Å². The number of benzene rings is 3. The van der Waals surface area contributed by atoms with Gasteiger partial charge >= 0.3 is 0 Å². The first-order valence-corrected chi connectivity index (χ1v) is 11.5. The van der Waals surface area contributed by atoms with Crippen LogP contribution in [0.2, 0.25) is 0 Å². The molecule has 2 unspecified atom stereocenters. The Morgan fingerprint density at radius 2 is 1.77 bits per heavy atom. The van der Waals surface area contributed by atoms with Gasteiger partial charge in [0.05, 0.1) is 30.9 Å². The third kappa shape index (κ3) is 4.05. The Labute approximate surface area is 203 Å². The summed E-state index contributed by atoms with van der Waals surface area (Å²) in [4.78, 5) is 11.1. The molecule has 0 spiro atoms. The Balaban J connectivity index is 1.58. The predicted molar refractivity (Wildman–Crippen MR) is 132 cm³/mol. The van der Waals surface area contributed by atoms with E-state index in [0.717, 1.165) is 22.4 Å². The van der Waals surface area contributed by atoms with Crippen LogP contribution in [0.1, 0.15) is 60.7 Å². The van der Waals surface area contributed by atoms with E-state index in [9.17, 15) is 10.1 Å². The summed E-state index contributed by atoms with van der Waals surface area (Å²) in [7, 11) is 3.20. The highest BCUT2D eigenvalue weighted by Gasteiger charge is 2.41. The van der Waals surface area contributed by atoms with Crippen molar-refractivity contribution in [1.82, 2.24) is 5.01 Å². The Morgan fingerprint density at radius 3 is 2.43 bits per heavy atom. The first-order valence-electron chi connectivity index (χ1n) is 11.5. The fraction of sp³-hybridized carbons (Fsp3) is 0.296. The minimum absolute atomic E-state index is 0.0339. The first-order chi connectivity index (χ1) is 16.9. The quantitative estimate of drug-likeness (QED) is 0.323. The molecule has 8 nitrogen and oxygen atoms in total. The summed E-state index contributed by atoms with van der Waals surface area (Å²) in [5.41, 5.74) is 4.76. The van der Waals surface area contributed by atoms with Gasteiger partial charge in [-0.25, -0.2) is 5.01 Å². The third-order valence-electron chi connectivity index (χ3n) is 6.59. The number of hydrogen-bond donors (Lipinski definition) is 0. The number of ether oxygens (including phenoxy) is 3. The minimum Gasteiger partial charge on any atom is -0.493 e. The van der Waals surface area contributed by atoms with E-state index in [2.05, 4.69) is 38.1 Å². The molecular weight excluding hydrogens is 446 g/mol. The maximum absolute atomic E-state index is 11.5. The molecule has 2 aliphatic rings. The average Bonchev–Trinajstić information content (AvgIpc) is 3.33. The highest BCUT2D eigenvalue weighted by atomic mass is 16.6. The van der Waals surface area contributed by atoms with Crippen LogP contribution in [0.15, 0.2) is 65.8 Å². The molecule has 0 saturated carbocycles. The lowest BCUT2D eigenvalue weighted by atomic mass is 9.95. The molecule has 5 rings (SSSR count). The number of nitro benzene ring substituents is 1. The lowest BCUT2D eigenvalue weighted by Crippen LogP contribution is -2.33. The molecule has 0 aliphatic carbocycles. The van der Waals surface area contributed by atoms with Crippen molar-refractivity contribution in [3.8, 4) is 17.2 Å². The van der Waals surface area contributed by atoms with E-state index < -0.39 is 6.23 Å². The molecule has 35 heavy (non-hydrogen) atoms. The van der Waals surface area contributed by atoms with Gasteiger partial charge in [-0.3, -0.25) is 10.1 Å². The van der Waals surface area contributed by atoms with E-state index in [1.807, 2.05) is 23.2 Å². The molecule has 3 aromatic carbocycles. The van der Waals surface area contributed by atoms with Gasteiger partial charge in [0.15, 0.2) is 11.5 Å². The van der Waals surface area contributed by atoms with Crippen molar-refractivity contribution < 1.29 is 19.1 Å². The van der Waals surface area contributed by atoms with E-state index in [-0.39, 0.29) is 16.7 Å². The van der Waals surface area contributed by atoms with E-state index in [0.29, 0.717) is 29.6 Å². The maximum atomic E-state index is 11.5. The smallest absolute Gasteiger partial charge is 0.270 e. The van der Waals surface area contributed by atoms with Gasteiger partial charge < -0.3 is 14.2 Å². The number of nitrogens with zero attached hydrogens (tertiary/aromatic N) is 3. The summed E-state index contributed by atoms with van der Waals surface area (Å²) >= 11 is 0. The fourth-order valence-electron chi connectivity index (χ4n) is 4.64. The maximum Gasteiger partial charge on any atom is 0.270 e. The highest BCUT2D eigenvalue weighted by molar-refractivity contribution is 6.02. The van der Waals surface area contributed by atoms with Crippen LogP contribution in [-0.2, 0) is 0 Å². The molecule has 2 atom stereocenters. The lowest BCUT2D eigenvalue weighted by molar-refractivity contribution is -0.385. The van der Waals surface area contributed by atoms with Crippen molar-refractivity contribution in [2.75, 3.05) is 14.2 Å². The molecule has 0 radical (unpaired) electrons. The van der Waals surface area contributed by atoms with E-state index in [1.54, 1.807) is 26.4 Å². The van der Waals surface area contributed by atoms with Gasteiger partial charge in [-0.1, -0.05) is 38.1 Å². The van der Waals surface area contributed by atoms with E-state index in [4.69, 9.17) is 19.3 Å². The van der Waals surface area contributed by atoms with Gasteiger partial charge in [-0.15, -0.1) is 0 Å². The summed E-state index contributed by atoms with van der Waals surface area (Å²) in [6.07, 6.45) is 0.126. The van der Waals surface area contributed by atoms with Crippen LogP contribution in [0.3, 0.4) is 0 Å². The first kappa shape index (κ1) is 22.7. The van der Waals surface area contributed by atoms with E-state index in [1.165, 1.54) is 11.6 Å². The molecule has 0 fully saturated rings. The number of methoxy groups -OCH3 is 2. The van der Waals surface area contributed by atoms with Crippen molar-refractivity contribution >= 4 is 11.4 Å². The summed E-state index contributed by atoms with van der Waals surface area (Å²) in [6.45, 7) is 4.32. The molecule has 2 heterocycles. The van der Waals surface area contributed by atoms with Crippen molar-refractivity contribution in [1.29, 1.82) is 0 Å². The molecule has 8 heteroatoms. The molecule has 0 saturated heterocycles. The number of fused-ring (bicyclic) bond motifs is 3. The topological polar surface area (TPSA) is 86.4 Å². The van der Waals surface area contributed by atoms with Crippen molar-refractivity contribution in [2.24, 2.45) is 5.10 Å². The Morgan fingerprint density at radius 1 is 1.03 bits per heavy atom. The van der Waals surface area contributed by atoms with Crippen LogP contribution >= 0.6 is 0 Å². The largest absolute Gasteiger partial charge is 0.493 e. The summed E-state index contributed by atoms with van der Waals surface area (Å²) in [6, 6.07) is 18.6. The summed E-state index contributed by atoms with van der Waals surface area (Å²) in [5.74, 6) is 2.32. The lowest BCUT2D eigenvalue weighted by Gasteiger charge is -2.38. The van der Waals surface area contributed by atoms with Crippen LogP contribution in [-0.4, -0.2) is 29.9 Å². The van der Waals surface area contributed by atoms with Crippen LogP contribution in [0.4, 0.5) is 5.69 Å². The second-order valence-electron chi connectivity index (χ2n) is 8.99. The Bertz CT molecular complexity index is 1300. The summed E-state index contributed by atoms with van der Waals surface area (Å²) in [5, 5.41) is 18.3. The zero-order valence-corrected chi connectivity index (χ0v) is 20.1. The normalized spacial score (nSPS) is 18.4. The van der Waals surface area contributed by atoms with Crippen LogP contribution in [0.5, 0.6) is 17.2 Å². The second kappa shape index (κ2) is 8.94. The molecule has 180 valence electrons. The van der Waals surface area contributed by atoms with Gasteiger partial charge in [0.25, 0.3) is 5.69 Å². The number of non-ortho nitro benzene ring substituents is 1. The molecule has 3 aromatic rings. The van der Waals surface area contributed by atoms with Crippen LogP contribution < -0.4 is 14.2 Å². The number of hydrazone groups is 1. The second-order valence-corrected chi connectivity index (χ2v) is 8.99. The average molecular weight is 474 g/mol. The van der Waals surface area contributed by atoms with Gasteiger partial charge in [0.1, 0.15) is 5.75 Å². The number of hydrogen-bond acceptors (Lipinski definition) is 7. The number of nitro groups is 1. The minimum atomic E-state index is -0.451. The van der Waals surface area contributed by atoms with E-state index >= 15 is 0 Å². The molecule has 0 amide bonds. The zero-order valence-electron chi connectivity index (χ0n) is 20.1. The van der Waals surface area contributed by atoms with Gasteiger partial charge in [-0.2, -0.15) is 5.10 Å². The Kier molecular flexibility index (Phi) is 5.80. The van der Waals surface area contributed by atoms with Crippen LogP contribution in [0, 0.1) is 10.1 Å². The van der Waals surface area contributed by atoms with Gasteiger partial charge in [-0.05, 0) is 35.7 Å². The summed E-state index contributed by atoms with van der Waals surface area (Å²) < 4.78 is 17.2. The third-order valence-corrected chi connectivity index (χ3v) is 6.59. The molecular formula is C27H27N3O5. The molecule has 2 aliphatic heterocycles. The number of rotatable bonds is 6. The van der Waals surface area contributed by atoms with Crippen molar-refractivity contribution in [3.05, 3.63) is 93.0 Å².